The normalized spacial score (nSPS) is 20.2. The fraction of sp³-hybridized carbons (Fsp3) is 0.364. The first-order chi connectivity index (χ1) is 16.4. The minimum absolute atomic E-state index is 0.0122. The van der Waals surface area contributed by atoms with E-state index < -0.39 is 28.4 Å². The molecule has 0 amide bonds. The number of hydrogen-bond donors (Lipinski definition) is 1. The molecular formula is C22H21F2N7O2S. The monoisotopic (exact) mass is 485 g/mol. The molecule has 0 aliphatic carbocycles. The largest absolute Gasteiger partial charge is 0.354 e. The fourth-order valence-corrected chi connectivity index (χ4v) is 6.30. The van der Waals surface area contributed by atoms with E-state index in [4.69, 9.17) is 0 Å². The van der Waals surface area contributed by atoms with E-state index in [1.54, 1.807) is 34.4 Å². The minimum Gasteiger partial charge on any atom is -0.354 e. The number of aryl methyl sites for hydroxylation is 1. The zero-order valence-corrected chi connectivity index (χ0v) is 18.8. The zero-order valence-electron chi connectivity index (χ0n) is 18.0. The highest BCUT2D eigenvalue weighted by atomic mass is 32.2. The molecule has 1 fully saturated rings. The van der Waals surface area contributed by atoms with Crippen LogP contribution in [0.3, 0.4) is 0 Å². The summed E-state index contributed by atoms with van der Waals surface area (Å²) in [5.41, 5.74) is 1.79. The molecule has 1 saturated heterocycles. The number of rotatable bonds is 5. The number of aromatic amines is 1. The van der Waals surface area contributed by atoms with E-state index in [1.807, 2.05) is 6.07 Å². The molecular weight excluding hydrogens is 464 g/mol. The Morgan fingerprint density at radius 2 is 2.15 bits per heavy atom. The van der Waals surface area contributed by atoms with Crippen LogP contribution in [0.15, 0.2) is 41.9 Å². The van der Waals surface area contributed by atoms with Crippen LogP contribution in [0.1, 0.15) is 18.0 Å². The maximum Gasteiger partial charge on any atom is 0.196 e. The van der Waals surface area contributed by atoms with Crippen molar-refractivity contribution in [3.05, 3.63) is 48.3 Å². The van der Waals surface area contributed by atoms with Gasteiger partial charge in [0.1, 0.15) is 12.3 Å². The Morgan fingerprint density at radius 1 is 1.26 bits per heavy atom. The van der Waals surface area contributed by atoms with E-state index in [-0.39, 0.29) is 28.9 Å². The molecule has 12 heteroatoms. The van der Waals surface area contributed by atoms with Gasteiger partial charge in [-0.2, -0.15) is 5.10 Å². The lowest BCUT2D eigenvalue weighted by Gasteiger charge is -2.23. The number of fused-ring (bicyclic) bond motifs is 2. The molecule has 4 aromatic rings. The van der Waals surface area contributed by atoms with Gasteiger partial charge >= 0.3 is 0 Å². The third-order valence-electron chi connectivity index (χ3n) is 6.66. The van der Waals surface area contributed by atoms with E-state index in [9.17, 15) is 17.2 Å². The first-order valence-corrected chi connectivity index (χ1v) is 12.7. The van der Waals surface area contributed by atoms with Crippen molar-refractivity contribution in [1.29, 1.82) is 0 Å². The molecule has 0 radical (unpaired) electrons. The third kappa shape index (κ3) is 3.44. The fourth-order valence-electron chi connectivity index (χ4n) is 4.83. The van der Waals surface area contributed by atoms with Crippen molar-refractivity contribution >= 4 is 26.7 Å². The molecule has 6 rings (SSSR count). The molecule has 2 aliphatic rings. The van der Waals surface area contributed by atoms with Crippen LogP contribution >= 0.6 is 0 Å². The molecule has 1 N–H and O–H groups in total. The molecule has 6 heterocycles. The summed E-state index contributed by atoms with van der Waals surface area (Å²) in [5.74, 6) is -0.259. The number of alkyl halides is 1. The molecule has 2 aliphatic heterocycles. The van der Waals surface area contributed by atoms with Crippen LogP contribution in [0.2, 0.25) is 0 Å². The number of sulfone groups is 1. The van der Waals surface area contributed by atoms with E-state index in [0.29, 0.717) is 42.1 Å². The van der Waals surface area contributed by atoms with Crippen LogP contribution < -0.4 is 4.90 Å². The summed E-state index contributed by atoms with van der Waals surface area (Å²) in [5, 5.41) is 5.21. The summed E-state index contributed by atoms with van der Waals surface area (Å²) in [6.45, 7) is 0.146. The Balaban J connectivity index is 1.24. The number of halogens is 2. The number of nitrogens with one attached hydrogen (secondary N) is 1. The predicted molar refractivity (Wildman–Crippen MR) is 120 cm³/mol. The van der Waals surface area contributed by atoms with Gasteiger partial charge in [0.05, 0.1) is 23.6 Å². The van der Waals surface area contributed by atoms with Gasteiger partial charge in [-0.15, -0.1) is 0 Å². The van der Waals surface area contributed by atoms with Crippen molar-refractivity contribution in [1.82, 2.24) is 29.7 Å². The minimum atomic E-state index is -3.48. The molecule has 9 nitrogen and oxygen atoms in total. The Labute approximate surface area is 193 Å². The number of H-pyrrole nitrogens is 1. The Bertz CT molecular complexity index is 1500. The van der Waals surface area contributed by atoms with Gasteiger partial charge in [0.15, 0.2) is 32.3 Å². The van der Waals surface area contributed by atoms with Crippen molar-refractivity contribution in [3.8, 4) is 11.4 Å². The summed E-state index contributed by atoms with van der Waals surface area (Å²) >= 11 is 0. The lowest BCUT2D eigenvalue weighted by Crippen LogP contribution is -2.27. The summed E-state index contributed by atoms with van der Waals surface area (Å²) in [6.07, 6.45) is 7.69. The second-order valence-corrected chi connectivity index (χ2v) is 10.8. The summed E-state index contributed by atoms with van der Waals surface area (Å²) in [7, 11) is -3.48. The summed E-state index contributed by atoms with van der Waals surface area (Å²) in [4.78, 5) is 17.8. The van der Waals surface area contributed by atoms with Crippen molar-refractivity contribution in [2.75, 3.05) is 30.4 Å². The Morgan fingerprint density at radius 3 is 3.00 bits per heavy atom. The number of anilines is 1. The highest BCUT2D eigenvalue weighted by molar-refractivity contribution is 7.91. The van der Waals surface area contributed by atoms with Gasteiger partial charge in [-0.25, -0.2) is 32.2 Å². The summed E-state index contributed by atoms with van der Waals surface area (Å²) < 4.78 is 55.0. The first kappa shape index (κ1) is 21.1. The van der Waals surface area contributed by atoms with Crippen molar-refractivity contribution in [2.24, 2.45) is 5.92 Å². The van der Waals surface area contributed by atoms with Crippen LogP contribution in [-0.2, 0) is 16.3 Å². The topological polar surface area (TPSA) is 110 Å². The molecule has 34 heavy (non-hydrogen) atoms. The molecule has 0 aromatic carbocycles. The average Bonchev–Trinajstić information content (AvgIpc) is 3.61. The first-order valence-electron chi connectivity index (χ1n) is 11.0. The molecule has 2 atom stereocenters. The van der Waals surface area contributed by atoms with Crippen LogP contribution in [-0.4, -0.2) is 63.7 Å². The molecule has 2 unspecified atom stereocenters. The predicted octanol–water partition coefficient (Wildman–Crippen LogP) is 2.72. The van der Waals surface area contributed by atoms with Gasteiger partial charge in [0, 0.05) is 43.0 Å². The maximum atomic E-state index is 14.8. The molecule has 4 aromatic heterocycles. The zero-order chi connectivity index (χ0) is 23.4. The van der Waals surface area contributed by atoms with E-state index >= 15 is 0 Å². The van der Waals surface area contributed by atoms with Gasteiger partial charge in [0.2, 0.25) is 0 Å². The quantitative estimate of drug-likeness (QED) is 0.463. The standard InChI is InChI=1S/C22H21F2N7O2S/c23-8-18(31-12-16(10-27-31)20-26-9-14-1-4-25-19(14)28-20)15-2-5-30(11-15)21-17(24)7-13-3-6-34(32,33)22(13)29-21/h1,4,7,9-10,12,15,18H,2-3,5-6,8,11H2,(H,25,26,28). The van der Waals surface area contributed by atoms with E-state index in [0.717, 1.165) is 5.39 Å². The van der Waals surface area contributed by atoms with Crippen molar-refractivity contribution in [2.45, 2.75) is 23.9 Å². The summed E-state index contributed by atoms with van der Waals surface area (Å²) in [6, 6.07) is 2.58. The van der Waals surface area contributed by atoms with Gasteiger partial charge in [0.25, 0.3) is 0 Å². The van der Waals surface area contributed by atoms with Crippen LogP contribution in [0.5, 0.6) is 0 Å². The second kappa shape index (κ2) is 7.83. The van der Waals surface area contributed by atoms with Gasteiger partial charge in [-0.3, -0.25) is 4.68 Å². The van der Waals surface area contributed by atoms with E-state index in [2.05, 4.69) is 25.0 Å². The lowest BCUT2D eigenvalue weighted by atomic mass is 10.0. The molecule has 0 spiro atoms. The molecule has 176 valence electrons. The highest BCUT2D eigenvalue weighted by Crippen LogP contribution is 2.35. The van der Waals surface area contributed by atoms with Gasteiger partial charge < -0.3 is 9.88 Å². The number of hydrogen-bond acceptors (Lipinski definition) is 7. The smallest absolute Gasteiger partial charge is 0.196 e. The number of nitrogens with zero attached hydrogens (tertiary/aromatic N) is 6. The maximum absolute atomic E-state index is 14.8. The van der Waals surface area contributed by atoms with Crippen LogP contribution in [0, 0.1) is 11.7 Å². The Kier molecular flexibility index (Phi) is 4.87. The number of pyridine rings is 1. The highest BCUT2D eigenvalue weighted by Gasteiger charge is 2.35. The van der Waals surface area contributed by atoms with Crippen molar-refractivity contribution in [3.63, 3.8) is 0 Å². The lowest BCUT2D eigenvalue weighted by molar-refractivity contribution is 0.257. The Hall–Kier alpha value is -3.41. The van der Waals surface area contributed by atoms with Gasteiger partial charge in [-0.1, -0.05) is 0 Å². The number of aromatic nitrogens is 6. The van der Waals surface area contributed by atoms with Crippen LogP contribution in [0.4, 0.5) is 14.6 Å². The molecule has 0 saturated carbocycles. The SMILES string of the molecule is O=S1(=O)CCc2cc(F)c(N3CCC(C(CF)n4cc(-c5ncc6cc[nH]c6n5)cn4)C3)nc21. The average molecular weight is 486 g/mol. The van der Waals surface area contributed by atoms with Gasteiger partial charge in [-0.05, 0) is 30.5 Å². The van der Waals surface area contributed by atoms with Crippen molar-refractivity contribution < 1.29 is 17.2 Å². The van der Waals surface area contributed by atoms with Crippen LogP contribution in [0.25, 0.3) is 22.4 Å². The molecule has 0 bridgehead atoms. The van der Waals surface area contributed by atoms with E-state index in [1.165, 1.54) is 6.07 Å². The third-order valence-corrected chi connectivity index (χ3v) is 8.34. The second-order valence-electron chi connectivity index (χ2n) is 8.73.